The number of carbonyl (C=O) groups is 3. The number of hydrogen-bond donors (Lipinski definition) is 2. The van der Waals surface area contributed by atoms with Crippen molar-refractivity contribution >= 4 is 23.3 Å². The first-order chi connectivity index (χ1) is 9.50. The molecule has 0 unspecified atom stereocenters. The quantitative estimate of drug-likeness (QED) is 0.798. The number of nitrogens with zero attached hydrogens (tertiary/aromatic N) is 1. The highest BCUT2D eigenvalue weighted by Gasteiger charge is 2.25. The monoisotopic (exact) mass is 273 g/mol. The molecule has 20 heavy (non-hydrogen) atoms. The van der Waals surface area contributed by atoms with E-state index in [4.69, 9.17) is 10.3 Å². The largest absolute Gasteiger partial charge is 0.393 e. The van der Waals surface area contributed by atoms with E-state index >= 15 is 0 Å². The number of carbonyl (C=O) groups excluding carboxylic acids is 3. The third kappa shape index (κ3) is 2.56. The maximum Gasteiger partial charge on any atom is 0.282 e. The average Bonchev–Trinajstić information content (AvgIpc) is 2.80. The van der Waals surface area contributed by atoms with Crippen molar-refractivity contribution in [1.82, 2.24) is 10.5 Å². The molecule has 0 aliphatic rings. The number of hydrogen-bond acceptors (Lipinski definition) is 6. The van der Waals surface area contributed by atoms with E-state index in [0.717, 1.165) is 0 Å². The highest BCUT2D eigenvalue weighted by Crippen LogP contribution is 2.20. The summed E-state index contributed by atoms with van der Waals surface area (Å²) >= 11 is 0. The van der Waals surface area contributed by atoms with Crippen LogP contribution in [0.4, 0.5) is 5.69 Å². The fourth-order valence-corrected chi connectivity index (χ4v) is 1.56. The van der Waals surface area contributed by atoms with Crippen LogP contribution in [0.3, 0.4) is 0 Å². The zero-order chi connectivity index (χ0) is 14.7. The van der Waals surface area contributed by atoms with E-state index in [1.807, 2.05) is 5.32 Å². The number of imide groups is 1. The molecule has 2 aromatic rings. The van der Waals surface area contributed by atoms with E-state index in [0.29, 0.717) is 5.56 Å². The van der Waals surface area contributed by atoms with Crippen molar-refractivity contribution in [2.45, 2.75) is 6.92 Å². The number of rotatable bonds is 3. The van der Waals surface area contributed by atoms with Crippen LogP contribution in [0, 0.1) is 0 Å². The van der Waals surface area contributed by atoms with Gasteiger partial charge in [0.05, 0.1) is 0 Å². The van der Waals surface area contributed by atoms with Crippen LogP contribution in [0.1, 0.15) is 33.5 Å². The Morgan fingerprint density at radius 2 is 1.85 bits per heavy atom. The minimum Gasteiger partial charge on any atom is -0.393 e. The van der Waals surface area contributed by atoms with Crippen LogP contribution >= 0.6 is 0 Å². The van der Waals surface area contributed by atoms with Gasteiger partial charge in [-0.3, -0.25) is 19.7 Å². The molecule has 0 radical (unpaired) electrons. The maximum absolute atomic E-state index is 12.1. The number of nitrogens with one attached hydrogen (secondary N) is 1. The molecule has 0 fully saturated rings. The molecule has 0 atom stereocenters. The van der Waals surface area contributed by atoms with E-state index in [1.165, 1.54) is 6.92 Å². The van der Waals surface area contributed by atoms with Gasteiger partial charge < -0.3 is 10.3 Å². The molecule has 0 aliphatic heterocycles. The first kappa shape index (κ1) is 13.5. The van der Waals surface area contributed by atoms with Crippen LogP contribution in [-0.4, -0.2) is 22.8 Å². The summed E-state index contributed by atoms with van der Waals surface area (Å²) in [7, 11) is 0. The lowest BCUT2D eigenvalue weighted by atomic mass is 10.1. The molecule has 0 saturated carbocycles. The molecule has 0 spiro atoms. The summed E-state index contributed by atoms with van der Waals surface area (Å²) in [6.45, 7) is 1.17. The second-order valence-electron chi connectivity index (χ2n) is 3.98. The second-order valence-corrected chi connectivity index (χ2v) is 3.98. The van der Waals surface area contributed by atoms with Crippen LogP contribution in [0.5, 0.6) is 0 Å². The van der Waals surface area contributed by atoms with Crippen molar-refractivity contribution in [2.75, 3.05) is 5.73 Å². The SMILES string of the molecule is CC(=O)NC(=O)c1noc(C(=O)c2ccccc2)c1N. The fourth-order valence-electron chi connectivity index (χ4n) is 1.56. The number of benzene rings is 1. The number of nitrogen functional groups attached to an aromatic ring is 1. The molecule has 2 rings (SSSR count). The Morgan fingerprint density at radius 3 is 2.45 bits per heavy atom. The zero-order valence-corrected chi connectivity index (χ0v) is 10.5. The molecule has 0 aliphatic carbocycles. The van der Waals surface area contributed by atoms with Gasteiger partial charge in [-0.1, -0.05) is 35.5 Å². The summed E-state index contributed by atoms with van der Waals surface area (Å²) in [6.07, 6.45) is 0. The highest BCUT2D eigenvalue weighted by atomic mass is 16.5. The third-order valence-corrected chi connectivity index (χ3v) is 2.47. The summed E-state index contributed by atoms with van der Waals surface area (Å²) in [5.74, 6) is -2.10. The minimum atomic E-state index is -0.814. The number of anilines is 1. The Kier molecular flexibility index (Phi) is 3.60. The molecule has 7 heteroatoms. The lowest BCUT2D eigenvalue weighted by Crippen LogP contribution is -2.28. The summed E-state index contributed by atoms with van der Waals surface area (Å²) < 4.78 is 4.82. The smallest absolute Gasteiger partial charge is 0.282 e. The van der Waals surface area contributed by atoms with Crippen molar-refractivity contribution in [2.24, 2.45) is 0 Å². The lowest BCUT2D eigenvalue weighted by molar-refractivity contribution is -0.118. The maximum atomic E-state index is 12.1. The van der Waals surface area contributed by atoms with Crippen LogP contribution in [0.25, 0.3) is 0 Å². The standard InChI is InChI=1S/C13H11N3O4/c1-7(17)15-13(19)10-9(14)12(20-16-10)11(18)8-5-3-2-4-6-8/h2-6H,14H2,1H3,(H,15,17,19). The van der Waals surface area contributed by atoms with Gasteiger partial charge in [0, 0.05) is 12.5 Å². The van der Waals surface area contributed by atoms with Gasteiger partial charge in [-0.15, -0.1) is 0 Å². The van der Waals surface area contributed by atoms with Crippen molar-refractivity contribution in [3.05, 3.63) is 47.3 Å². The highest BCUT2D eigenvalue weighted by molar-refractivity contribution is 6.14. The van der Waals surface area contributed by atoms with Gasteiger partial charge in [-0.2, -0.15) is 0 Å². The Hall–Kier alpha value is -2.96. The van der Waals surface area contributed by atoms with Gasteiger partial charge in [0.15, 0.2) is 5.69 Å². The molecule has 1 aromatic heterocycles. The Bertz CT molecular complexity index is 676. The average molecular weight is 273 g/mol. The Balaban J connectivity index is 2.32. The molecule has 0 saturated heterocycles. The number of aromatic nitrogens is 1. The first-order valence-electron chi connectivity index (χ1n) is 5.67. The van der Waals surface area contributed by atoms with E-state index < -0.39 is 17.6 Å². The van der Waals surface area contributed by atoms with Crippen molar-refractivity contribution in [3.63, 3.8) is 0 Å². The van der Waals surface area contributed by atoms with Crippen molar-refractivity contribution in [3.8, 4) is 0 Å². The lowest BCUT2D eigenvalue weighted by Gasteiger charge is -1.98. The van der Waals surface area contributed by atoms with Crippen LogP contribution in [-0.2, 0) is 4.79 Å². The van der Waals surface area contributed by atoms with Crippen LogP contribution in [0.15, 0.2) is 34.9 Å². The predicted octanol–water partition coefficient (Wildman–Crippen LogP) is 0.764. The zero-order valence-electron chi connectivity index (χ0n) is 10.5. The van der Waals surface area contributed by atoms with Gasteiger partial charge in [0.1, 0.15) is 5.69 Å². The van der Waals surface area contributed by atoms with Gasteiger partial charge in [-0.25, -0.2) is 0 Å². The Morgan fingerprint density at radius 1 is 1.20 bits per heavy atom. The molecule has 2 amide bonds. The summed E-state index contributed by atoms with van der Waals surface area (Å²) in [6, 6.07) is 8.29. The van der Waals surface area contributed by atoms with Crippen LogP contribution in [0.2, 0.25) is 0 Å². The summed E-state index contributed by atoms with van der Waals surface area (Å²) in [5, 5.41) is 5.43. The molecule has 1 aromatic carbocycles. The second kappa shape index (κ2) is 5.35. The molecule has 3 N–H and O–H groups in total. The molecule has 0 bridgehead atoms. The summed E-state index contributed by atoms with van der Waals surface area (Å²) in [5.41, 5.74) is 5.54. The summed E-state index contributed by atoms with van der Waals surface area (Å²) in [4.78, 5) is 34.5. The van der Waals surface area contributed by atoms with E-state index in [2.05, 4.69) is 5.16 Å². The molecule has 7 nitrogen and oxygen atoms in total. The van der Waals surface area contributed by atoms with Gasteiger partial charge in [-0.05, 0) is 0 Å². The third-order valence-electron chi connectivity index (χ3n) is 2.47. The van der Waals surface area contributed by atoms with E-state index in [1.54, 1.807) is 30.3 Å². The molecular formula is C13H11N3O4. The molecule has 102 valence electrons. The molecular weight excluding hydrogens is 262 g/mol. The number of amides is 2. The van der Waals surface area contributed by atoms with Gasteiger partial charge >= 0.3 is 0 Å². The number of nitrogens with two attached hydrogens (primary N) is 1. The van der Waals surface area contributed by atoms with Crippen molar-refractivity contribution in [1.29, 1.82) is 0 Å². The molecule has 1 heterocycles. The minimum absolute atomic E-state index is 0.197. The van der Waals surface area contributed by atoms with Crippen molar-refractivity contribution < 1.29 is 18.9 Å². The number of ketones is 1. The van der Waals surface area contributed by atoms with E-state index in [-0.39, 0.29) is 17.1 Å². The topological polar surface area (TPSA) is 115 Å². The Labute approximate surface area is 113 Å². The normalized spacial score (nSPS) is 10.1. The van der Waals surface area contributed by atoms with Crippen LogP contribution < -0.4 is 11.1 Å². The fraction of sp³-hybridized carbons (Fsp3) is 0.0769. The van der Waals surface area contributed by atoms with E-state index in [9.17, 15) is 14.4 Å². The predicted molar refractivity (Wildman–Crippen MR) is 68.9 cm³/mol. The van der Waals surface area contributed by atoms with Gasteiger partial charge in [0.25, 0.3) is 5.91 Å². The van der Waals surface area contributed by atoms with Gasteiger partial charge in [0.2, 0.25) is 17.5 Å². The first-order valence-corrected chi connectivity index (χ1v) is 5.67.